The van der Waals surface area contributed by atoms with Gasteiger partial charge in [0.1, 0.15) is 0 Å². The Hall–Kier alpha value is -1.66. The van der Waals surface area contributed by atoms with Gasteiger partial charge < -0.3 is 10.2 Å². The molecular formula is C10H14N4O2. The van der Waals surface area contributed by atoms with Crippen molar-refractivity contribution in [3.63, 3.8) is 0 Å². The molecule has 0 amide bonds. The zero-order valence-electron chi connectivity index (χ0n) is 9.15. The molecule has 0 saturated carbocycles. The third-order valence-corrected chi connectivity index (χ3v) is 2.29. The maximum atomic E-state index is 9.85. The van der Waals surface area contributed by atoms with Gasteiger partial charge in [0.15, 0.2) is 12.5 Å². The van der Waals surface area contributed by atoms with E-state index in [9.17, 15) is 10.2 Å². The van der Waals surface area contributed by atoms with Gasteiger partial charge in [-0.15, -0.1) is 0 Å². The second kappa shape index (κ2) is 4.07. The smallest absolute Gasteiger partial charge is 0.193 e. The highest BCUT2D eigenvalue weighted by Crippen LogP contribution is 2.16. The van der Waals surface area contributed by atoms with Gasteiger partial charge >= 0.3 is 0 Å². The molecule has 0 aromatic carbocycles. The second-order valence-corrected chi connectivity index (χ2v) is 3.70. The average Bonchev–Trinajstić information content (AvgIpc) is 2.85. The number of hydrogen-bond acceptors (Lipinski definition) is 4. The van der Waals surface area contributed by atoms with E-state index in [2.05, 4.69) is 10.2 Å². The molecule has 0 radical (unpaired) electrons. The molecule has 2 aromatic heterocycles. The standard InChI is InChI=1S/C10H14N4O2/c1-7-3-5-13(11-7)9(15)10(16)14-6-4-8(2)12-14/h3-6,9-10,15-16H,1-2H3. The van der Waals surface area contributed by atoms with Crippen LogP contribution in [0.2, 0.25) is 0 Å². The Morgan fingerprint density at radius 3 is 1.56 bits per heavy atom. The molecule has 6 heteroatoms. The Balaban J connectivity index is 2.19. The van der Waals surface area contributed by atoms with Crippen LogP contribution in [0.25, 0.3) is 0 Å². The highest BCUT2D eigenvalue weighted by molar-refractivity contribution is 4.97. The summed E-state index contributed by atoms with van der Waals surface area (Å²) < 4.78 is 2.61. The summed E-state index contributed by atoms with van der Waals surface area (Å²) in [5, 5.41) is 27.8. The molecule has 0 saturated heterocycles. The summed E-state index contributed by atoms with van der Waals surface area (Å²) in [5.74, 6) is 0. The van der Waals surface area contributed by atoms with Crippen LogP contribution in [0.4, 0.5) is 0 Å². The number of aromatic nitrogens is 4. The van der Waals surface area contributed by atoms with Crippen LogP contribution in [0.3, 0.4) is 0 Å². The van der Waals surface area contributed by atoms with Crippen molar-refractivity contribution in [1.29, 1.82) is 0 Å². The highest BCUT2D eigenvalue weighted by Gasteiger charge is 2.20. The van der Waals surface area contributed by atoms with Crippen LogP contribution >= 0.6 is 0 Å². The van der Waals surface area contributed by atoms with Crippen molar-refractivity contribution < 1.29 is 10.2 Å². The van der Waals surface area contributed by atoms with Crippen molar-refractivity contribution in [2.45, 2.75) is 26.3 Å². The summed E-state index contributed by atoms with van der Waals surface area (Å²) in [6.45, 7) is 3.63. The van der Waals surface area contributed by atoms with Crippen LogP contribution in [-0.2, 0) is 0 Å². The maximum absolute atomic E-state index is 9.85. The van der Waals surface area contributed by atoms with Gasteiger partial charge in [-0.05, 0) is 26.0 Å². The molecule has 0 bridgehead atoms. The van der Waals surface area contributed by atoms with E-state index >= 15 is 0 Å². The molecule has 0 aliphatic rings. The lowest BCUT2D eigenvalue weighted by molar-refractivity contribution is -0.0838. The minimum atomic E-state index is -1.15. The molecule has 0 aliphatic carbocycles. The first kappa shape index (κ1) is 10.8. The lowest BCUT2D eigenvalue weighted by Gasteiger charge is -2.18. The summed E-state index contributed by atoms with van der Waals surface area (Å²) in [6, 6.07) is 3.51. The van der Waals surface area contributed by atoms with Crippen molar-refractivity contribution in [2.24, 2.45) is 0 Å². The van der Waals surface area contributed by atoms with Gasteiger partial charge in [-0.2, -0.15) is 10.2 Å². The Morgan fingerprint density at radius 2 is 1.31 bits per heavy atom. The first-order chi connectivity index (χ1) is 7.58. The van der Waals surface area contributed by atoms with Crippen LogP contribution in [-0.4, -0.2) is 29.8 Å². The van der Waals surface area contributed by atoms with Gasteiger partial charge in [0.2, 0.25) is 0 Å². The predicted octanol–water partition coefficient (Wildman–Crippen LogP) is 0.378. The van der Waals surface area contributed by atoms with Crippen LogP contribution < -0.4 is 0 Å². The fraction of sp³-hybridized carbons (Fsp3) is 0.400. The van der Waals surface area contributed by atoms with Crippen LogP contribution in [0.5, 0.6) is 0 Å². The topological polar surface area (TPSA) is 76.1 Å². The highest BCUT2D eigenvalue weighted by atomic mass is 16.4. The fourth-order valence-corrected chi connectivity index (χ4v) is 1.43. The minimum absolute atomic E-state index is 0.780. The minimum Gasteiger partial charge on any atom is -0.368 e. The molecule has 6 nitrogen and oxygen atoms in total. The van der Waals surface area contributed by atoms with Gasteiger partial charge in [-0.25, -0.2) is 9.36 Å². The predicted molar refractivity (Wildman–Crippen MR) is 56.4 cm³/mol. The molecule has 0 spiro atoms. The van der Waals surface area contributed by atoms with E-state index < -0.39 is 12.5 Å². The zero-order chi connectivity index (χ0) is 11.7. The molecule has 2 heterocycles. The summed E-state index contributed by atoms with van der Waals surface area (Å²) in [5.41, 5.74) is 1.56. The first-order valence-corrected chi connectivity index (χ1v) is 4.97. The van der Waals surface area contributed by atoms with Crippen molar-refractivity contribution in [1.82, 2.24) is 19.6 Å². The number of aryl methyl sites for hydroxylation is 2. The van der Waals surface area contributed by atoms with Crippen molar-refractivity contribution in [2.75, 3.05) is 0 Å². The summed E-state index contributed by atoms with van der Waals surface area (Å²) in [7, 11) is 0. The van der Waals surface area contributed by atoms with Gasteiger partial charge in [0, 0.05) is 12.4 Å². The molecule has 2 atom stereocenters. The van der Waals surface area contributed by atoms with E-state index in [1.165, 1.54) is 9.36 Å². The van der Waals surface area contributed by atoms with Crippen molar-refractivity contribution in [3.05, 3.63) is 35.9 Å². The Labute approximate surface area is 92.8 Å². The number of aliphatic hydroxyl groups is 2. The molecule has 2 rings (SSSR count). The fourth-order valence-electron chi connectivity index (χ4n) is 1.43. The molecule has 86 valence electrons. The van der Waals surface area contributed by atoms with Crippen molar-refractivity contribution in [3.8, 4) is 0 Å². The largest absolute Gasteiger partial charge is 0.368 e. The summed E-state index contributed by atoms with van der Waals surface area (Å²) in [4.78, 5) is 0. The van der Waals surface area contributed by atoms with E-state index in [1.807, 2.05) is 13.8 Å². The SMILES string of the molecule is Cc1ccn(C(O)C(O)n2ccc(C)n2)n1. The average molecular weight is 222 g/mol. The number of aliphatic hydroxyl groups excluding tert-OH is 2. The number of hydrogen-bond donors (Lipinski definition) is 2. The Morgan fingerprint density at radius 1 is 0.938 bits per heavy atom. The number of nitrogens with zero attached hydrogens (tertiary/aromatic N) is 4. The van der Waals surface area contributed by atoms with Crippen molar-refractivity contribution >= 4 is 0 Å². The molecule has 2 unspecified atom stereocenters. The zero-order valence-corrected chi connectivity index (χ0v) is 9.15. The molecule has 0 fully saturated rings. The van der Waals surface area contributed by atoms with E-state index in [0.717, 1.165) is 11.4 Å². The third-order valence-electron chi connectivity index (χ3n) is 2.29. The van der Waals surface area contributed by atoms with Crippen LogP contribution in [0.15, 0.2) is 24.5 Å². The lowest BCUT2D eigenvalue weighted by Crippen LogP contribution is -2.23. The number of rotatable bonds is 3. The molecule has 2 N–H and O–H groups in total. The summed E-state index contributed by atoms with van der Waals surface area (Å²) >= 11 is 0. The lowest BCUT2D eigenvalue weighted by atomic mass is 10.5. The first-order valence-electron chi connectivity index (χ1n) is 4.97. The summed E-state index contributed by atoms with van der Waals surface area (Å²) in [6.07, 6.45) is 0.931. The Kier molecular flexibility index (Phi) is 2.76. The second-order valence-electron chi connectivity index (χ2n) is 3.70. The third kappa shape index (κ3) is 1.98. The molecule has 0 aliphatic heterocycles. The molecule has 16 heavy (non-hydrogen) atoms. The van der Waals surface area contributed by atoms with E-state index in [-0.39, 0.29) is 0 Å². The molecule has 2 aromatic rings. The van der Waals surface area contributed by atoms with Gasteiger partial charge in [-0.3, -0.25) is 0 Å². The van der Waals surface area contributed by atoms with Crippen LogP contribution in [0.1, 0.15) is 23.8 Å². The van der Waals surface area contributed by atoms with Gasteiger partial charge in [0.05, 0.1) is 11.4 Å². The van der Waals surface area contributed by atoms with Gasteiger partial charge in [0.25, 0.3) is 0 Å². The van der Waals surface area contributed by atoms with Gasteiger partial charge in [-0.1, -0.05) is 0 Å². The monoisotopic (exact) mass is 222 g/mol. The molecular weight excluding hydrogens is 208 g/mol. The normalized spacial score (nSPS) is 15.0. The van der Waals surface area contributed by atoms with Crippen LogP contribution in [0, 0.1) is 13.8 Å². The maximum Gasteiger partial charge on any atom is 0.193 e. The Bertz CT molecular complexity index is 432. The van der Waals surface area contributed by atoms with E-state index in [1.54, 1.807) is 24.5 Å². The van der Waals surface area contributed by atoms with E-state index in [4.69, 9.17) is 0 Å². The quantitative estimate of drug-likeness (QED) is 0.787. The van der Waals surface area contributed by atoms with E-state index in [0.29, 0.717) is 0 Å².